The van der Waals surface area contributed by atoms with Crippen molar-refractivity contribution in [1.29, 1.82) is 0 Å². The Hall–Kier alpha value is -4.93. The van der Waals surface area contributed by atoms with Gasteiger partial charge in [-0.1, -0.05) is 29.3 Å². The van der Waals surface area contributed by atoms with E-state index in [-0.39, 0.29) is 11.5 Å². The van der Waals surface area contributed by atoms with Gasteiger partial charge < -0.3 is 24.3 Å². The Bertz CT molecular complexity index is 1960. The molecule has 0 unspecified atom stereocenters. The second-order valence-corrected chi connectivity index (χ2v) is 12.5. The summed E-state index contributed by atoms with van der Waals surface area (Å²) in [7, 11) is 1.55. The molecule has 2 fully saturated rings. The Morgan fingerprint density at radius 2 is 1.61 bits per heavy atom. The van der Waals surface area contributed by atoms with E-state index in [2.05, 4.69) is 15.2 Å². The van der Waals surface area contributed by atoms with Crippen molar-refractivity contribution in [2.24, 2.45) is 0 Å². The molecule has 8 nitrogen and oxygen atoms in total. The number of carbonyl (C=O) groups excluding carboxylic acids is 2. The zero-order valence-electron chi connectivity index (χ0n) is 26.5. The first kappa shape index (κ1) is 34.0. The molecular formula is C37H32Cl2F2N4O4. The van der Waals surface area contributed by atoms with E-state index in [1.165, 1.54) is 0 Å². The van der Waals surface area contributed by atoms with Crippen LogP contribution in [0, 0.1) is 11.6 Å². The number of carbonyl (C=O) groups is 2. The Kier molecular flexibility index (Phi) is 10.5. The highest BCUT2D eigenvalue weighted by Crippen LogP contribution is 2.40. The summed E-state index contributed by atoms with van der Waals surface area (Å²) in [6.07, 6.45) is 3.92. The molecule has 0 bridgehead atoms. The number of oxazole rings is 1. The summed E-state index contributed by atoms with van der Waals surface area (Å²) in [6.45, 7) is 2.80. The third-order valence-electron chi connectivity index (χ3n) is 8.19. The predicted molar refractivity (Wildman–Crippen MR) is 186 cm³/mol. The van der Waals surface area contributed by atoms with Crippen molar-refractivity contribution in [3.8, 4) is 17.1 Å². The average Bonchev–Trinajstić information content (AvgIpc) is 3.84. The van der Waals surface area contributed by atoms with Crippen molar-refractivity contribution < 1.29 is 27.5 Å². The van der Waals surface area contributed by atoms with Gasteiger partial charge in [-0.25, -0.2) is 13.8 Å². The van der Waals surface area contributed by atoms with Crippen LogP contribution in [0.1, 0.15) is 45.4 Å². The molecule has 7 rings (SSSR count). The normalized spacial score (nSPS) is 14.1. The highest BCUT2D eigenvalue weighted by atomic mass is 35.5. The molecule has 1 saturated heterocycles. The molecule has 0 atom stereocenters. The number of rotatable bonds is 7. The third-order valence-corrected chi connectivity index (χ3v) is 8.66. The second-order valence-electron chi connectivity index (χ2n) is 11.6. The number of anilines is 2. The number of nitrogens with zero attached hydrogens (tertiary/aromatic N) is 3. The number of aromatic nitrogens is 1. The van der Waals surface area contributed by atoms with Gasteiger partial charge in [0.15, 0.2) is 11.7 Å². The van der Waals surface area contributed by atoms with Gasteiger partial charge in [-0.3, -0.25) is 9.59 Å². The molecular weight excluding hydrogens is 673 g/mol. The minimum atomic E-state index is -0.900. The van der Waals surface area contributed by atoms with E-state index >= 15 is 0 Å². The summed E-state index contributed by atoms with van der Waals surface area (Å²) < 4.78 is 37.6. The topological polar surface area (TPSA) is 87.9 Å². The van der Waals surface area contributed by atoms with E-state index in [4.69, 9.17) is 32.4 Å². The van der Waals surface area contributed by atoms with Crippen LogP contribution < -0.4 is 15.0 Å². The summed E-state index contributed by atoms with van der Waals surface area (Å²) >= 11 is 12.1. The molecule has 252 valence electrons. The molecule has 2 amide bonds. The summed E-state index contributed by atoms with van der Waals surface area (Å²) in [4.78, 5) is 33.2. The standard InChI is InChI=1S/C19H14F2N2O2.C18H18Cl2N2O2/c20-13-5-8-15(16(21)9-13)18(24)23-14-6-3-11(4-7-14)17-10-22-19(25-17)12-1-2-12;1-24-17-6-5-14(20)12-16(17)18(23)22-9-7-21(8-10-22)15-4-2-3-13(19)11-15/h3-10,12H,1-2H2,(H,23,24);2-6,11-12H,7-10H2,1H3. The highest BCUT2D eigenvalue weighted by molar-refractivity contribution is 6.31. The van der Waals surface area contributed by atoms with Crippen LogP contribution in [0.15, 0.2) is 95.5 Å². The van der Waals surface area contributed by atoms with Gasteiger partial charge in [-0.15, -0.1) is 0 Å². The zero-order chi connectivity index (χ0) is 34.5. The molecule has 12 heteroatoms. The first-order chi connectivity index (χ1) is 23.7. The zero-order valence-corrected chi connectivity index (χ0v) is 28.0. The lowest BCUT2D eigenvalue weighted by Gasteiger charge is -2.36. The number of amides is 2. The van der Waals surface area contributed by atoms with Crippen molar-refractivity contribution >= 4 is 46.4 Å². The minimum Gasteiger partial charge on any atom is -0.496 e. The molecule has 1 aromatic heterocycles. The van der Waals surface area contributed by atoms with Crippen molar-refractivity contribution in [2.45, 2.75) is 18.8 Å². The molecule has 1 saturated carbocycles. The molecule has 2 aliphatic rings. The quantitative estimate of drug-likeness (QED) is 0.182. The monoisotopic (exact) mass is 704 g/mol. The van der Waals surface area contributed by atoms with E-state index in [1.54, 1.807) is 55.8 Å². The fourth-order valence-corrected chi connectivity index (χ4v) is 5.74. The average molecular weight is 706 g/mol. The smallest absolute Gasteiger partial charge is 0.258 e. The molecule has 5 aromatic rings. The second kappa shape index (κ2) is 15.1. The van der Waals surface area contributed by atoms with Crippen molar-refractivity contribution in [1.82, 2.24) is 9.88 Å². The van der Waals surface area contributed by atoms with Crippen LogP contribution in [0.3, 0.4) is 0 Å². The lowest BCUT2D eigenvalue weighted by molar-refractivity contribution is 0.0743. The van der Waals surface area contributed by atoms with Crippen LogP contribution in [0.4, 0.5) is 20.2 Å². The highest BCUT2D eigenvalue weighted by Gasteiger charge is 2.29. The SMILES string of the molecule is COc1ccc(Cl)cc1C(=O)N1CCN(c2cccc(Cl)c2)CC1.O=C(Nc1ccc(-c2cnc(C3CC3)o2)cc1)c1ccc(F)cc1F. The van der Waals surface area contributed by atoms with Crippen LogP contribution in [0.25, 0.3) is 11.3 Å². The van der Waals surface area contributed by atoms with Gasteiger partial charge in [-0.2, -0.15) is 0 Å². The first-order valence-corrected chi connectivity index (χ1v) is 16.4. The molecule has 2 heterocycles. The van der Waals surface area contributed by atoms with E-state index in [0.29, 0.717) is 52.9 Å². The summed E-state index contributed by atoms with van der Waals surface area (Å²) in [5, 5.41) is 3.83. The number of halogens is 4. The minimum absolute atomic E-state index is 0.0555. The Labute approximate surface area is 292 Å². The molecule has 4 aromatic carbocycles. The number of ether oxygens (including phenoxy) is 1. The van der Waals surface area contributed by atoms with E-state index in [9.17, 15) is 18.4 Å². The van der Waals surface area contributed by atoms with Crippen LogP contribution in [0.2, 0.25) is 10.0 Å². The number of methoxy groups -OCH3 is 1. The van der Waals surface area contributed by atoms with Crippen molar-refractivity contribution in [3.05, 3.63) is 130 Å². The van der Waals surface area contributed by atoms with Gasteiger partial charge in [0.25, 0.3) is 11.8 Å². The van der Waals surface area contributed by atoms with Gasteiger partial charge in [0, 0.05) is 65.1 Å². The summed E-state index contributed by atoms with van der Waals surface area (Å²) in [5.74, 6) is 0.101. The van der Waals surface area contributed by atoms with Crippen LogP contribution >= 0.6 is 23.2 Å². The van der Waals surface area contributed by atoms with E-state index in [1.807, 2.05) is 29.2 Å². The van der Waals surface area contributed by atoms with Crippen LogP contribution in [-0.2, 0) is 0 Å². The molecule has 1 aliphatic heterocycles. The van der Waals surface area contributed by atoms with Gasteiger partial charge in [-0.05, 0) is 85.6 Å². The van der Waals surface area contributed by atoms with E-state index < -0.39 is 17.5 Å². The molecule has 1 aliphatic carbocycles. The largest absolute Gasteiger partial charge is 0.496 e. The first-order valence-electron chi connectivity index (χ1n) is 15.6. The maximum Gasteiger partial charge on any atom is 0.258 e. The fourth-order valence-electron chi connectivity index (χ4n) is 5.39. The number of hydrogen-bond donors (Lipinski definition) is 1. The number of hydrogen-bond acceptors (Lipinski definition) is 6. The van der Waals surface area contributed by atoms with Gasteiger partial charge in [0.2, 0.25) is 0 Å². The van der Waals surface area contributed by atoms with Crippen molar-refractivity contribution in [2.75, 3.05) is 43.5 Å². The van der Waals surface area contributed by atoms with Gasteiger partial charge in [0.05, 0.1) is 24.4 Å². The van der Waals surface area contributed by atoms with Crippen LogP contribution in [-0.4, -0.2) is 55.0 Å². The lowest BCUT2D eigenvalue weighted by atomic mass is 10.1. The lowest BCUT2D eigenvalue weighted by Crippen LogP contribution is -2.48. The number of piperazine rings is 1. The molecule has 1 N–H and O–H groups in total. The number of benzene rings is 4. The Morgan fingerprint density at radius 1 is 0.878 bits per heavy atom. The van der Waals surface area contributed by atoms with E-state index in [0.717, 1.165) is 60.2 Å². The third kappa shape index (κ3) is 8.39. The maximum absolute atomic E-state index is 13.6. The van der Waals surface area contributed by atoms with Crippen LogP contribution in [0.5, 0.6) is 5.75 Å². The molecule has 0 radical (unpaired) electrons. The predicted octanol–water partition coefficient (Wildman–Crippen LogP) is 8.71. The Morgan fingerprint density at radius 3 is 2.29 bits per heavy atom. The fraction of sp³-hybridized carbons (Fsp3) is 0.216. The molecule has 49 heavy (non-hydrogen) atoms. The molecule has 0 spiro atoms. The maximum atomic E-state index is 13.6. The Balaban J connectivity index is 0.000000170. The summed E-state index contributed by atoms with van der Waals surface area (Å²) in [5.41, 5.74) is 2.70. The van der Waals surface area contributed by atoms with Crippen molar-refractivity contribution in [3.63, 3.8) is 0 Å². The summed E-state index contributed by atoms with van der Waals surface area (Å²) in [6, 6.07) is 22.6. The number of nitrogens with one attached hydrogen (secondary N) is 1. The van der Waals surface area contributed by atoms with Gasteiger partial charge >= 0.3 is 0 Å². The van der Waals surface area contributed by atoms with Gasteiger partial charge in [0.1, 0.15) is 17.4 Å².